The Hall–Kier alpha value is -0.610. The first-order valence-corrected chi connectivity index (χ1v) is 4.47. The standard InChI is InChI=1S/C8H17N3O/c1-6(9)8(12)11-5-4-10-7-2-3-7/h6-7,10H,2-5,9H2,1H3,(H,11,12)/t6-/m0/s1. The lowest BCUT2D eigenvalue weighted by Crippen LogP contribution is -2.41. The largest absolute Gasteiger partial charge is 0.353 e. The van der Waals surface area contributed by atoms with Gasteiger partial charge in [0.1, 0.15) is 0 Å². The van der Waals surface area contributed by atoms with Crippen molar-refractivity contribution >= 4 is 5.91 Å². The Morgan fingerprint density at radius 3 is 2.75 bits per heavy atom. The molecule has 0 aromatic rings. The van der Waals surface area contributed by atoms with Gasteiger partial charge in [-0.05, 0) is 19.8 Å². The lowest BCUT2D eigenvalue weighted by atomic mass is 10.3. The molecule has 1 atom stereocenters. The summed E-state index contributed by atoms with van der Waals surface area (Å²) >= 11 is 0. The van der Waals surface area contributed by atoms with Crippen molar-refractivity contribution < 1.29 is 4.79 Å². The molecule has 70 valence electrons. The molecule has 0 heterocycles. The molecule has 1 saturated carbocycles. The van der Waals surface area contributed by atoms with Crippen molar-refractivity contribution in [1.82, 2.24) is 10.6 Å². The van der Waals surface area contributed by atoms with E-state index in [0.29, 0.717) is 12.6 Å². The number of hydrogen-bond acceptors (Lipinski definition) is 3. The van der Waals surface area contributed by atoms with Crippen LogP contribution in [0.25, 0.3) is 0 Å². The predicted octanol–water partition coefficient (Wildman–Crippen LogP) is -0.798. The van der Waals surface area contributed by atoms with Crippen LogP contribution in [0, 0.1) is 0 Å². The van der Waals surface area contributed by atoms with E-state index in [1.165, 1.54) is 12.8 Å². The summed E-state index contributed by atoms with van der Waals surface area (Å²) in [6, 6.07) is 0.308. The third-order valence-electron chi connectivity index (χ3n) is 1.85. The van der Waals surface area contributed by atoms with Crippen LogP contribution in [0.3, 0.4) is 0 Å². The van der Waals surface area contributed by atoms with Crippen molar-refractivity contribution in [1.29, 1.82) is 0 Å². The van der Waals surface area contributed by atoms with Gasteiger partial charge in [0.2, 0.25) is 5.91 Å². The van der Waals surface area contributed by atoms with E-state index in [1.54, 1.807) is 6.92 Å². The quantitative estimate of drug-likeness (QED) is 0.474. The number of nitrogens with one attached hydrogen (secondary N) is 2. The number of hydrogen-bond donors (Lipinski definition) is 3. The van der Waals surface area contributed by atoms with E-state index in [-0.39, 0.29) is 5.91 Å². The molecule has 0 unspecified atom stereocenters. The average molecular weight is 171 g/mol. The van der Waals surface area contributed by atoms with Crippen LogP contribution in [0.15, 0.2) is 0 Å². The first kappa shape index (κ1) is 9.48. The Kier molecular flexibility index (Phi) is 3.49. The summed E-state index contributed by atoms with van der Waals surface area (Å²) in [6.07, 6.45) is 2.56. The van der Waals surface area contributed by atoms with Crippen LogP contribution >= 0.6 is 0 Å². The maximum absolute atomic E-state index is 10.9. The first-order valence-electron chi connectivity index (χ1n) is 4.47. The second kappa shape index (κ2) is 4.42. The van der Waals surface area contributed by atoms with Gasteiger partial charge in [0, 0.05) is 19.1 Å². The minimum Gasteiger partial charge on any atom is -0.353 e. The molecule has 12 heavy (non-hydrogen) atoms. The van der Waals surface area contributed by atoms with Gasteiger partial charge in [-0.25, -0.2) is 0 Å². The molecule has 0 aromatic carbocycles. The van der Waals surface area contributed by atoms with Gasteiger partial charge >= 0.3 is 0 Å². The van der Waals surface area contributed by atoms with E-state index in [2.05, 4.69) is 10.6 Å². The topological polar surface area (TPSA) is 67.2 Å². The highest BCUT2D eigenvalue weighted by atomic mass is 16.2. The van der Waals surface area contributed by atoms with E-state index in [9.17, 15) is 4.79 Å². The monoisotopic (exact) mass is 171 g/mol. The predicted molar refractivity (Wildman–Crippen MR) is 47.7 cm³/mol. The van der Waals surface area contributed by atoms with E-state index in [0.717, 1.165) is 6.54 Å². The van der Waals surface area contributed by atoms with Crippen LogP contribution < -0.4 is 16.4 Å². The van der Waals surface area contributed by atoms with Crippen molar-refractivity contribution in [2.75, 3.05) is 13.1 Å². The third-order valence-corrected chi connectivity index (χ3v) is 1.85. The van der Waals surface area contributed by atoms with Gasteiger partial charge in [0.05, 0.1) is 6.04 Å². The van der Waals surface area contributed by atoms with Crippen LogP contribution in [0.2, 0.25) is 0 Å². The molecule has 4 nitrogen and oxygen atoms in total. The van der Waals surface area contributed by atoms with Crippen molar-refractivity contribution in [3.8, 4) is 0 Å². The molecule has 4 heteroatoms. The fourth-order valence-electron chi connectivity index (χ4n) is 0.910. The highest BCUT2D eigenvalue weighted by molar-refractivity contribution is 5.80. The fraction of sp³-hybridized carbons (Fsp3) is 0.875. The molecule has 1 fully saturated rings. The number of carbonyl (C=O) groups is 1. The van der Waals surface area contributed by atoms with Gasteiger partial charge < -0.3 is 16.4 Å². The molecule has 0 aromatic heterocycles. The van der Waals surface area contributed by atoms with Crippen LogP contribution in [-0.4, -0.2) is 31.1 Å². The lowest BCUT2D eigenvalue weighted by molar-refractivity contribution is -0.121. The summed E-state index contributed by atoms with van der Waals surface area (Å²) in [4.78, 5) is 10.9. The number of amides is 1. The Morgan fingerprint density at radius 1 is 1.58 bits per heavy atom. The lowest BCUT2D eigenvalue weighted by Gasteiger charge is -2.07. The molecule has 0 bridgehead atoms. The van der Waals surface area contributed by atoms with E-state index in [1.807, 2.05) is 0 Å². The molecule has 0 aliphatic heterocycles. The molecule has 0 radical (unpaired) electrons. The SMILES string of the molecule is C[C@H](N)C(=O)NCCNC1CC1. The zero-order chi connectivity index (χ0) is 8.97. The van der Waals surface area contributed by atoms with E-state index >= 15 is 0 Å². The minimum atomic E-state index is -0.397. The fourth-order valence-corrected chi connectivity index (χ4v) is 0.910. The van der Waals surface area contributed by atoms with Gasteiger partial charge in [0.15, 0.2) is 0 Å². The molecule has 4 N–H and O–H groups in total. The Labute approximate surface area is 72.9 Å². The second-order valence-electron chi connectivity index (χ2n) is 3.31. The molecule has 1 aliphatic rings. The number of rotatable bonds is 5. The van der Waals surface area contributed by atoms with Gasteiger partial charge in [-0.3, -0.25) is 4.79 Å². The van der Waals surface area contributed by atoms with Gasteiger partial charge in [-0.2, -0.15) is 0 Å². The molecular formula is C8H17N3O. The summed E-state index contributed by atoms with van der Waals surface area (Å²) in [7, 11) is 0. The van der Waals surface area contributed by atoms with Crippen molar-refractivity contribution in [2.24, 2.45) is 5.73 Å². The summed E-state index contributed by atoms with van der Waals surface area (Å²) in [5.74, 6) is -0.0763. The molecule has 1 aliphatic carbocycles. The van der Waals surface area contributed by atoms with Crippen LogP contribution in [-0.2, 0) is 4.79 Å². The van der Waals surface area contributed by atoms with Crippen LogP contribution in [0.4, 0.5) is 0 Å². The van der Waals surface area contributed by atoms with E-state index in [4.69, 9.17) is 5.73 Å². The van der Waals surface area contributed by atoms with Gasteiger partial charge in [-0.1, -0.05) is 0 Å². The van der Waals surface area contributed by atoms with Crippen LogP contribution in [0.1, 0.15) is 19.8 Å². The maximum atomic E-state index is 10.9. The summed E-state index contributed by atoms with van der Waals surface area (Å²) in [5, 5.41) is 6.03. The number of carbonyl (C=O) groups excluding carboxylic acids is 1. The molecule has 0 spiro atoms. The maximum Gasteiger partial charge on any atom is 0.236 e. The molecule has 1 rings (SSSR count). The summed E-state index contributed by atoms with van der Waals surface area (Å²) in [6.45, 7) is 3.21. The molecule has 1 amide bonds. The van der Waals surface area contributed by atoms with Crippen molar-refractivity contribution in [2.45, 2.75) is 31.8 Å². The smallest absolute Gasteiger partial charge is 0.236 e. The Morgan fingerprint density at radius 2 is 2.25 bits per heavy atom. The second-order valence-corrected chi connectivity index (χ2v) is 3.31. The summed E-state index contributed by atoms with van der Waals surface area (Å²) in [5.41, 5.74) is 5.36. The Balaban J connectivity index is 1.90. The highest BCUT2D eigenvalue weighted by Gasteiger charge is 2.19. The normalized spacial score (nSPS) is 18.8. The van der Waals surface area contributed by atoms with Gasteiger partial charge in [-0.15, -0.1) is 0 Å². The minimum absolute atomic E-state index is 0.0763. The Bertz CT molecular complexity index is 154. The zero-order valence-electron chi connectivity index (χ0n) is 7.47. The first-order chi connectivity index (χ1) is 5.70. The highest BCUT2D eigenvalue weighted by Crippen LogP contribution is 2.17. The van der Waals surface area contributed by atoms with E-state index < -0.39 is 6.04 Å². The molecular weight excluding hydrogens is 154 g/mol. The third kappa shape index (κ3) is 3.69. The number of nitrogens with two attached hydrogens (primary N) is 1. The zero-order valence-corrected chi connectivity index (χ0v) is 7.47. The van der Waals surface area contributed by atoms with Crippen LogP contribution in [0.5, 0.6) is 0 Å². The van der Waals surface area contributed by atoms with Gasteiger partial charge in [0.25, 0.3) is 0 Å². The van der Waals surface area contributed by atoms with Crippen molar-refractivity contribution in [3.05, 3.63) is 0 Å². The molecule has 0 saturated heterocycles. The summed E-state index contributed by atoms with van der Waals surface area (Å²) < 4.78 is 0. The van der Waals surface area contributed by atoms with Crippen molar-refractivity contribution in [3.63, 3.8) is 0 Å². The average Bonchev–Trinajstić information content (AvgIpc) is 2.80.